The van der Waals surface area contributed by atoms with E-state index in [9.17, 15) is 9.59 Å². The molecule has 130 valence electrons. The number of carboxylic acid groups (broad SMARTS) is 1. The van der Waals surface area contributed by atoms with Crippen molar-refractivity contribution in [3.05, 3.63) is 35.7 Å². The van der Waals surface area contributed by atoms with Crippen LogP contribution in [-0.4, -0.2) is 57.8 Å². The molecule has 8 nitrogen and oxygen atoms in total. The number of carbonyl (C=O) groups is 2. The van der Waals surface area contributed by atoms with Gasteiger partial charge in [-0.2, -0.15) is 4.98 Å². The van der Waals surface area contributed by atoms with Gasteiger partial charge in [0.25, 0.3) is 11.8 Å². The fourth-order valence-electron chi connectivity index (χ4n) is 2.78. The van der Waals surface area contributed by atoms with Crippen LogP contribution in [0.2, 0.25) is 0 Å². The molecule has 1 N–H and O–H groups in total. The predicted molar refractivity (Wildman–Crippen MR) is 85.0 cm³/mol. The lowest BCUT2D eigenvalue weighted by atomic mass is 10.1. The van der Waals surface area contributed by atoms with E-state index in [1.54, 1.807) is 24.3 Å². The number of carbonyl (C=O) groups excluding carboxylic acids is 1. The zero-order valence-electron chi connectivity index (χ0n) is 13.4. The lowest BCUT2D eigenvalue weighted by Gasteiger charge is -2.30. The summed E-state index contributed by atoms with van der Waals surface area (Å²) in [5, 5.41) is 13.0. The van der Waals surface area contributed by atoms with E-state index in [0.29, 0.717) is 23.9 Å². The molecule has 1 atom stereocenters. The van der Waals surface area contributed by atoms with Gasteiger partial charge in [-0.25, -0.2) is 4.79 Å². The smallest absolute Gasteiger partial charge is 0.334 e. The Morgan fingerprint density at radius 1 is 1.20 bits per heavy atom. The Morgan fingerprint density at radius 2 is 1.96 bits per heavy atom. The van der Waals surface area contributed by atoms with Crippen LogP contribution in [0.25, 0.3) is 11.5 Å². The molecule has 4 rings (SSSR count). The fraction of sp³-hybridized carbons (Fsp3) is 0.412. The highest BCUT2D eigenvalue weighted by Gasteiger charge is 2.30. The van der Waals surface area contributed by atoms with Crippen LogP contribution in [0.4, 0.5) is 0 Å². The van der Waals surface area contributed by atoms with Crippen LogP contribution in [0, 0.1) is 0 Å². The van der Waals surface area contributed by atoms with Gasteiger partial charge in [-0.15, -0.1) is 0 Å². The van der Waals surface area contributed by atoms with E-state index in [1.165, 1.54) is 4.90 Å². The number of amides is 1. The molecule has 1 saturated heterocycles. The number of hydrogen-bond acceptors (Lipinski definition) is 6. The summed E-state index contributed by atoms with van der Waals surface area (Å²) in [7, 11) is 0. The number of benzene rings is 1. The van der Waals surface area contributed by atoms with Crippen molar-refractivity contribution in [2.75, 3.05) is 19.7 Å². The second-order valence-electron chi connectivity index (χ2n) is 6.26. The molecule has 1 aliphatic carbocycles. The number of carboxylic acids is 1. The third kappa shape index (κ3) is 3.25. The van der Waals surface area contributed by atoms with E-state index in [-0.39, 0.29) is 19.1 Å². The van der Waals surface area contributed by atoms with E-state index in [4.69, 9.17) is 14.4 Å². The van der Waals surface area contributed by atoms with Crippen LogP contribution >= 0.6 is 0 Å². The number of hydrogen-bond donors (Lipinski definition) is 1. The van der Waals surface area contributed by atoms with Crippen LogP contribution in [-0.2, 0) is 9.53 Å². The molecule has 1 aromatic heterocycles. The summed E-state index contributed by atoms with van der Waals surface area (Å²) in [6, 6.07) is 6.88. The molecule has 0 bridgehead atoms. The number of aromatic nitrogens is 2. The number of ether oxygens (including phenoxy) is 1. The summed E-state index contributed by atoms with van der Waals surface area (Å²) in [6.45, 7) is 0.635. The maximum absolute atomic E-state index is 12.5. The molecule has 2 fully saturated rings. The zero-order valence-corrected chi connectivity index (χ0v) is 13.4. The van der Waals surface area contributed by atoms with Crippen molar-refractivity contribution in [3.63, 3.8) is 0 Å². The van der Waals surface area contributed by atoms with Gasteiger partial charge >= 0.3 is 5.97 Å². The fourth-order valence-corrected chi connectivity index (χ4v) is 2.78. The van der Waals surface area contributed by atoms with Crippen LogP contribution in [0.1, 0.15) is 34.9 Å². The van der Waals surface area contributed by atoms with Gasteiger partial charge in [0.1, 0.15) is 0 Å². The highest BCUT2D eigenvalue weighted by Crippen LogP contribution is 2.38. The summed E-state index contributed by atoms with van der Waals surface area (Å²) >= 11 is 0. The maximum Gasteiger partial charge on any atom is 0.334 e. The number of nitrogens with zero attached hydrogens (tertiary/aromatic N) is 3. The average Bonchev–Trinajstić information content (AvgIpc) is 3.38. The van der Waals surface area contributed by atoms with Gasteiger partial charge in [0.15, 0.2) is 11.9 Å². The minimum absolute atomic E-state index is 0.0460. The first-order chi connectivity index (χ1) is 12.1. The van der Waals surface area contributed by atoms with Gasteiger partial charge in [0.2, 0.25) is 0 Å². The van der Waals surface area contributed by atoms with E-state index in [2.05, 4.69) is 10.1 Å². The minimum Gasteiger partial charge on any atom is -0.479 e. The molecule has 0 spiro atoms. The second kappa shape index (κ2) is 6.29. The second-order valence-corrected chi connectivity index (χ2v) is 6.26. The highest BCUT2D eigenvalue weighted by molar-refractivity contribution is 5.95. The topological polar surface area (TPSA) is 106 Å². The molecule has 1 saturated carbocycles. The average molecular weight is 343 g/mol. The predicted octanol–water partition coefficient (Wildman–Crippen LogP) is 1.54. The van der Waals surface area contributed by atoms with Crippen molar-refractivity contribution in [3.8, 4) is 11.5 Å². The first-order valence-electron chi connectivity index (χ1n) is 8.19. The molecule has 2 aliphatic rings. The Hall–Kier alpha value is -2.74. The molecule has 0 unspecified atom stereocenters. The van der Waals surface area contributed by atoms with Gasteiger partial charge in [0.05, 0.1) is 13.2 Å². The SMILES string of the molecule is O=C(O)[C@@H]1CN(C(=O)c2ccc(-c3nc(C4CC4)no3)cc2)CCO1. The molecule has 8 heteroatoms. The van der Waals surface area contributed by atoms with Crippen molar-refractivity contribution in [2.24, 2.45) is 0 Å². The van der Waals surface area contributed by atoms with Crippen molar-refractivity contribution >= 4 is 11.9 Å². The van der Waals surface area contributed by atoms with Gasteiger partial charge < -0.3 is 19.3 Å². The molecule has 2 heterocycles. The third-order valence-corrected chi connectivity index (χ3v) is 4.39. The summed E-state index contributed by atoms with van der Waals surface area (Å²) < 4.78 is 10.4. The van der Waals surface area contributed by atoms with Crippen LogP contribution < -0.4 is 0 Å². The quantitative estimate of drug-likeness (QED) is 0.897. The van der Waals surface area contributed by atoms with Crippen molar-refractivity contribution in [1.82, 2.24) is 15.0 Å². The zero-order chi connectivity index (χ0) is 17.4. The van der Waals surface area contributed by atoms with Crippen LogP contribution in [0.5, 0.6) is 0 Å². The Kier molecular flexibility index (Phi) is 3.96. The van der Waals surface area contributed by atoms with Crippen LogP contribution in [0.15, 0.2) is 28.8 Å². The third-order valence-electron chi connectivity index (χ3n) is 4.39. The Labute approximate surface area is 143 Å². The van der Waals surface area contributed by atoms with Crippen molar-refractivity contribution < 1.29 is 24.0 Å². The number of aliphatic carboxylic acids is 1. The molecular formula is C17H17N3O5. The molecule has 2 aromatic rings. The Balaban J connectivity index is 1.47. The Bertz CT molecular complexity index is 797. The van der Waals surface area contributed by atoms with Crippen molar-refractivity contribution in [2.45, 2.75) is 24.9 Å². The first-order valence-corrected chi connectivity index (χ1v) is 8.19. The number of rotatable bonds is 4. The molecule has 1 amide bonds. The lowest BCUT2D eigenvalue weighted by Crippen LogP contribution is -2.48. The van der Waals surface area contributed by atoms with Gasteiger partial charge in [-0.3, -0.25) is 4.79 Å². The van der Waals surface area contributed by atoms with E-state index < -0.39 is 12.1 Å². The molecule has 0 radical (unpaired) electrons. The minimum atomic E-state index is -1.06. The molecular weight excluding hydrogens is 326 g/mol. The molecule has 1 aliphatic heterocycles. The van der Waals surface area contributed by atoms with Gasteiger partial charge in [-0.1, -0.05) is 5.16 Å². The summed E-state index contributed by atoms with van der Waals surface area (Å²) in [5.74, 6) is 0.323. The standard InChI is InChI=1S/C17H17N3O5/c21-16(20-7-8-24-13(9-20)17(22)23)12-5-3-11(4-6-12)15-18-14(19-25-15)10-1-2-10/h3-6,10,13H,1-2,7-9H2,(H,22,23)/t13-/m0/s1. The summed E-state index contributed by atoms with van der Waals surface area (Å²) in [5.41, 5.74) is 1.23. The largest absolute Gasteiger partial charge is 0.479 e. The summed E-state index contributed by atoms with van der Waals surface area (Å²) in [4.78, 5) is 29.4. The normalized spacial score (nSPS) is 20.5. The molecule has 25 heavy (non-hydrogen) atoms. The Morgan fingerprint density at radius 3 is 2.64 bits per heavy atom. The van der Waals surface area contributed by atoms with Gasteiger partial charge in [0, 0.05) is 23.6 Å². The van der Waals surface area contributed by atoms with Crippen molar-refractivity contribution in [1.29, 1.82) is 0 Å². The highest BCUT2D eigenvalue weighted by atomic mass is 16.5. The van der Waals surface area contributed by atoms with Gasteiger partial charge in [-0.05, 0) is 37.1 Å². The van der Waals surface area contributed by atoms with E-state index in [1.807, 2.05) is 0 Å². The van der Waals surface area contributed by atoms with E-state index >= 15 is 0 Å². The lowest BCUT2D eigenvalue weighted by molar-refractivity contribution is -0.154. The summed E-state index contributed by atoms with van der Waals surface area (Å²) in [6.07, 6.45) is 1.23. The van der Waals surface area contributed by atoms with Crippen LogP contribution in [0.3, 0.4) is 0 Å². The number of morpholine rings is 1. The first kappa shape index (κ1) is 15.8. The monoisotopic (exact) mass is 343 g/mol. The van der Waals surface area contributed by atoms with E-state index in [0.717, 1.165) is 24.2 Å². The maximum atomic E-state index is 12.5. The molecule has 1 aromatic carbocycles.